The topological polar surface area (TPSA) is 98.8 Å². The van der Waals surface area contributed by atoms with Crippen molar-refractivity contribution in [3.8, 4) is 33.8 Å². The number of hydrogen-bond acceptors (Lipinski definition) is 5. The fourth-order valence-corrected chi connectivity index (χ4v) is 11.6. The summed E-state index contributed by atoms with van der Waals surface area (Å²) >= 11 is 3.23. The van der Waals surface area contributed by atoms with E-state index in [9.17, 15) is 8.42 Å². The zero-order valence-electron chi connectivity index (χ0n) is 31.4. The van der Waals surface area contributed by atoms with Crippen LogP contribution < -0.4 is 24.5 Å². The summed E-state index contributed by atoms with van der Waals surface area (Å²) in [5.41, 5.74) is 13.2. The molecule has 6 nitrogen and oxygen atoms in total. The molecule has 0 atom stereocenters. The number of para-hydroxylation sites is 1. The predicted octanol–water partition coefficient (Wildman–Crippen LogP) is 10.3. The average molecular weight is 837 g/mol. The standard InChI is InChI=1S/C30H43O2P.C12H10N.CH4O3S.Pd/c1-22(2)31-27-19-13-20-28(32-23(3)4)30(27)26-18-11-12-21-29(26)33(24-14-7-5-8-15-24)25-16-9-6-10-17-25;13-12-9-5-4-8-11(12)10-6-2-1-3-7-10;1-5(2,3)4;/h11-13,18-25H,5-10,14-17H2,1-4H3;1-6,8-9H,13H2;1H3,(H,2,3,4);. The Morgan fingerprint density at radius 2 is 1.08 bits per heavy atom. The number of hydrogen-bond donors (Lipinski definition) is 2. The fourth-order valence-electron chi connectivity index (χ4n) is 7.20. The summed E-state index contributed by atoms with van der Waals surface area (Å²) < 4.78 is 39.7. The molecule has 0 aromatic heterocycles. The summed E-state index contributed by atoms with van der Waals surface area (Å²) in [6, 6.07) is 31.6. The summed E-state index contributed by atoms with van der Waals surface area (Å²) in [5, 5.41) is 1.60. The van der Waals surface area contributed by atoms with Crippen LogP contribution >= 0.6 is 7.92 Å². The van der Waals surface area contributed by atoms with Gasteiger partial charge in [0, 0.05) is 0 Å². The van der Waals surface area contributed by atoms with Crippen molar-refractivity contribution >= 4 is 33.1 Å². The van der Waals surface area contributed by atoms with Crippen molar-refractivity contribution in [3.05, 3.63) is 91.0 Å². The van der Waals surface area contributed by atoms with Gasteiger partial charge in [0.15, 0.2) is 0 Å². The van der Waals surface area contributed by atoms with E-state index in [-0.39, 0.29) is 20.1 Å². The molecular weight excluding hydrogens is 780 g/mol. The predicted molar refractivity (Wildman–Crippen MR) is 217 cm³/mol. The van der Waals surface area contributed by atoms with Crippen LogP contribution in [0.1, 0.15) is 91.9 Å². The molecule has 2 saturated carbocycles. The Labute approximate surface area is 325 Å². The molecule has 52 heavy (non-hydrogen) atoms. The first-order chi connectivity index (χ1) is 24.8. The molecule has 6 rings (SSSR count). The van der Waals surface area contributed by atoms with E-state index in [1.807, 2.05) is 42.5 Å². The van der Waals surface area contributed by atoms with Gasteiger partial charge in [-0.05, 0) is 87.7 Å². The first kappa shape index (κ1) is 42.0. The molecule has 4 aromatic rings. The minimum absolute atomic E-state index is 0.128. The second-order valence-corrected chi connectivity index (χ2v) is 19.3. The van der Waals surface area contributed by atoms with Crippen LogP contribution in [-0.4, -0.2) is 42.8 Å². The van der Waals surface area contributed by atoms with Crippen LogP contribution in [0.4, 0.5) is 5.69 Å². The SMILES string of the molecule is CC(C)Oc1cccc(OC(C)C)c1-c1ccccc1P(C1CCCCC1)C1CCCCC1.CS(=O)(=O)O.Nc1ccccc1-c1cccc[c]1[Pd]. The number of nitrogen functional groups attached to an aromatic ring is 1. The van der Waals surface area contributed by atoms with Gasteiger partial charge in [-0.25, -0.2) is 0 Å². The van der Waals surface area contributed by atoms with E-state index in [0.29, 0.717) is 6.26 Å². The molecule has 2 aliphatic carbocycles. The molecule has 4 aromatic carbocycles. The van der Waals surface area contributed by atoms with Crippen LogP contribution in [0, 0.1) is 0 Å². The summed E-state index contributed by atoms with van der Waals surface area (Å²) in [4.78, 5) is 0. The second-order valence-electron chi connectivity index (χ2n) is 14.2. The molecule has 0 spiro atoms. The Balaban J connectivity index is 0.000000261. The van der Waals surface area contributed by atoms with Crippen molar-refractivity contribution in [2.45, 2.75) is 115 Å². The first-order valence-electron chi connectivity index (χ1n) is 18.7. The zero-order valence-corrected chi connectivity index (χ0v) is 34.6. The van der Waals surface area contributed by atoms with Crippen LogP contribution in [0.15, 0.2) is 91.0 Å². The third-order valence-electron chi connectivity index (χ3n) is 9.20. The van der Waals surface area contributed by atoms with Crippen molar-refractivity contribution < 1.29 is 41.6 Å². The molecule has 0 heterocycles. The van der Waals surface area contributed by atoms with Gasteiger partial charge in [-0.15, -0.1) is 0 Å². The molecule has 285 valence electrons. The maximum absolute atomic E-state index is 9.19. The van der Waals surface area contributed by atoms with E-state index in [2.05, 4.69) is 95.4 Å². The van der Waals surface area contributed by atoms with Gasteiger partial charge in [-0.3, -0.25) is 4.55 Å². The van der Waals surface area contributed by atoms with Crippen LogP contribution in [0.2, 0.25) is 0 Å². The van der Waals surface area contributed by atoms with Gasteiger partial charge in [-0.1, -0.05) is 76.8 Å². The Hall–Kier alpha value is -2.72. The Bertz CT molecular complexity index is 1710. The summed E-state index contributed by atoms with van der Waals surface area (Å²) in [7, 11) is -3.88. The summed E-state index contributed by atoms with van der Waals surface area (Å²) in [6.07, 6.45) is 15.1. The molecule has 0 amide bonds. The summed E-state index contributed by atoms with van der Waals surface area (Å²) in [6.45, 7) is 8.45. The van der Waals surface area contributed by atoms with Gasteiger partial charge in [0.2, 0.25) is 0 Å². The molecular formula is C43H57NO5PPdS. The van der Waals surface area contributed by atoms with Crippen LogP contribution in [-0.2, 0) is 29.3 Å². The molecule has 2 fully saturated rings. The fraction of sp³-hybridized carbons (Fsp3) is 0.442. The van der Waals surface area contributed by atoms with Gasteiger partial charge < -0.3 is 9.47 Å². The van der Waals surface area contributed by atoms with Crippen molar-refractivity contribution in [1.29, 1.82) is 0 Å². The van der Waals surface area contributed by atoms with Crippen LogP contribution in [0.3, 0.4) is 0 Å². The Morgan fingerprint density at radius 3 is 1.54 bits per heavy atom. The maximum atomic E-state index is 9.19. The second kappa shape index (κ2) is 20.7. The van der Waals surface area contributed by atoms with E-state index >= 15 is 0 Å². The van der Waals surface area contributed by atoms with Crippen molar-refractivity contribution in [2.75, 3.05) is 12.0 Å². The van der Waals surface area contributed by atoms with Crippen LogP contribution in [0.5, 0.6) is 11.5 Å². The number of benzene rings is 4. The van der Waals surface area contributed by atoms with Crippen molar-refractivity contribution in [3.63, 3.8) is 0 Å². The third-order valence-corrected chi connectivity index (χ3v) is 13.4. The van der Waals surface area contributed by atoms with E-state index in [0.717, 1.165) is 49.2 Å². The molecule has 9 heteroatoms. The van der Waals surface area contributed by atoms with Gasteiger partial charge in [0.25, 0.3) is 10.1 Å². The van der Waals surface area contributed by atoms with Crippen molar-refractivity contribution in [1.82, 2.24) is 0 Å². The minimum atomic E-state index is -3.67. The Kier molecular flexibility index (Phi) is 16.7. The van der Waals surface area contributed by atoms with Gasteiger partial charge >= 0.3 is 94.3 Å². The monoisotopic (exact) mass is 836 g/mol. The molecule has 0 radical (unpaired) electrons. The quantitative estimate of drug-likeness (QED) is 0.0754. The van der Waals surface area contributed by atoms with E-state index < -0.39 is 10.1 Å². The zero-order chi connectivity index (χ0) is 37.7. The average Bonchev–Trinajstić information content (AvgIpc) is 3.10. The van der Waals surface area contributed by atoms with E-state index in [1.54, 1.807) is 5.30 Å². The number of anilines is 1. The van der Waals surface area contributed by atoms with Gasteiger partial charge in [-0.2, -0.15) is 8.42 Å². The number of ether oxygens (including phenoxy) is 2. The molecule has 0 unspecified atom stereocenters. The van der Waals surface area contributed by atoms with E-state index in [1.165, 1.54) is 69.8 Å². The Morgan fingerprint density at radius 1 is 0.654 bits per heavy atom. The van der Waals surface area contributed by atoms with Crippen LogP contribution in [0.25, 0.3) is 22.3 Å². The van der Waals surface area contributed by atoms with Crippen molar-refractivity contribution in [2.24, 2.45) is 0 Å². The molecule has 0 saturated heterocycles. The number of rotatable bonds is 9. The number of nitrogens with two attached hydrogens (primary N) is 1. The van der Waals surface area contributed by atoms with Gasteiger partial charge in [0.1, 0.15) is 11.5 Å². The first-order valence-corrected chi connectivity index (χ1v) is 22.8. The molecule has 3 N–H and O–H groups in total. The normalized spacial score (nSPS) is 15.4. The van der Waals surface area contributed by atoms with E-state index in [4.69, 9.17) is 19.8 Å². The third kappa shape index (κ3) is 13.0. The molecule has 0 bridgehead atoms. The summed E-state index contributed by atoms with van der Waals surface area (Å²) in [5.74, 6) is 1.91. The van der Waals surface area contributed by atoms with Gasteiger partial charge in [0.05, 0.1) is 24.0 Å². The molecule has 0 aliphatic heterocycles. The molecule has 2 aliphatic rings.